The van der Waals surface area contributed by atoms with E-state index in [0.717, 1.165) is 36.0 Å². The number of nitrogens with one attached hydrogen (secondary N) is 1. The van der Waals surface area contributed by atoms with Crippen LogP contribution >= 0.6 is 0 Å². The Morgan fingerprint density at radius 2 is 2.17 bits per heavy atom. The van der Waals surface area contributed by atoms with Gasteiger partial charge in [-0.1, -0.05) is 24.8 Å². The number of para-hydroxylation sites is 1. The zero-order valence-electron chi connectivity index (χ0n) is 14.0. The predicted octanol–water partition coefficient (Wildman–Crippen LogP) is 2.01. The van der Waals surface area contributed by atoms with E-state index in [9.17, 15) is 9.59 Å². The molecule has 1 aromatic carbocycles. The Bertz CT molecular complexity index is 778. The summed E-state index contributed by atoms with van der Waals surface area (Å²) < 4.78 is 2.05. The fourth-order valence-electron chi connectivity index (χ4n) is 3.43. The summed E-state index contributed by atoms with van der Waals surface area (Å²) in [4.78, 5) is 25.9. The number of rotatable bonds is 5. The fraction of sp³-hybridized carbons (Fsp3) is 0.368. The van der Waals surface area contributed by atoms with E-state index < -0.39 is 0 Å². The molecule has 5 nitrogen and oxygen atoms in total. The summed E-state index contributed by atoms with van der Waals surface area (Å²) in [7, 11) is 1.98. The van der Waals surface area contributed by atoms with Crippen LogP contribution in [0.5, 0.6) is 0 Å². The molecule has 5 heteroatoms. The van der Waals surface area contributed by atoms with Crippen LogP contribution in [0, 0.1) is 0 Å². The molecule has 3 rings (SSSR count). The zero-order chi connectivity index (χ0) is 17.1. The summed E-state index contributed by atoms with van der Waals surface area (Å²) in [6, 6.07) is 10.2. The number of fused-ring (bicyclic) bond motifs is 1. The Morgan fingerprint density at radius 1 is 1.38 bits per heavy atom. The van der Waals surface area contributed by atoms with Gasteiger partial charge in [0, 0.05) is 37.4 Å². The quantitative estimate of drug-likeness (QED) is 0.855. The molecule has 24 heavy (non-hydrogen) atoms. The van der Waals surface area contributed by atoms with Gasteiger partial charge in [-0.2, -0.15) is 0 Å². The highest BCUT2D eigenvalue weighted by molar-refractivity contribution is 5.87. The van der Waals surface area contributed by atoms with Crippen molar-refractivity contribution in [3.8, 4) is 0 Å². The van der Waals surface area contributed by atoms with Gasteiger partial charge in [-0.05, 0) is 36.4 Å². The third-order valence-corrected chi connectivity index (χ3v) is 4.76. The Morgan fingerprint density at radius 3 is 2.92 bits per heavy atom. The first kappa shape index (κ1) is 16.3. The van der Waals surface area contributed by atoms with Crippen LogP contribution in [-0.4, -0.2) is 40.4 Å². The molecule has 2 amide bonds. The Kier molecular flexibility index (Phi) is 4.69. The van der Waals surface area contributed by atoms with Crippen molar-refractivity contribution in [3.63, 3.8) is 0 Å². The molecule has 1 aromatic heterocycles. The lowest BCUT2D eigenvalue weighted by molar-refractivity contribution is -0.127. The first-order valence-corrected chi connectivity index (χ1v) is 8.33. The number of carbonyl (C=O) groups is 2. The number of nitrogens with zero attached hydrogens (tertiary/aromatic N) is 2. The SMILES string of the molecule is C=CC(=O)N1CCC[C@@H]1CNC(=O)Cc1cc2ccccc2n1C. The largest absolute Gasteiger partial charge is 0.354 e. The molecule has 0 aliphatic carbocycles. The number of aromatic nitrogens is 1. The van der Waals surface area contributed by atoms with Gasteiger partial charge in [0.15, 0.2) is 0 Å². The third-order valence-electron chi connectivity index (χ3n) is 4.76. The predicted molar refractivity (Wildman–Crippen MR) is 94.6 cm³/mol. The molecule has 0 unspecified atom stereocenters. The van der Waals surface area contributed by atoms with Crippen molar-refractivity contribution in [1.29, 1.82) is 0 Å². The first-order chi connectivity index (χ1) is 11.6. The van der Waals surface area contributed by atoms with Crippen molar-refractivity contribution < 1.29 is 9.59 Å². The minimum Gasteiger partial charge on any atom is -0.354 e. The minimum absolute atomic E-state index is 0.0150. The third kappa shape index (κ3) is 3.20. The van der Waals surface area contributed by atoms with Gasteiger partial charge in [-0.3, -0.25) is 9.59 Å². The maximum atomic E-state index is 12.3. The molecule has 0 saturated carbocycles. The zero-order valence-corrected chi connectivity index (χ0v) is 14.0. The molecule has 2 aromatic rings. The topological polar surface area (TPSA) is 54.3 Å². The van der Waals surface area contributed by atoms with Crippen LogP contribution in [0.1, 0.15) is 18.5 Å². The molecule has 1 fully saturated rings. The second-order valence-electron chi connectivity index (χ2n) is 6.27. The number of hydrogen-bond donors (Lipinski definition) is 1. The number of carbonyl (C=O) groups excluding carboxylic acids is 2. The standard InChI is InChI=1S/C19H23N3O2/c1-3-19(24)22-10-6-8-15(22)13-20-18(23)12-16-11-14-7-4-5-9-17(14)21(16)2/h3-5,7,9,11,15H,1,6,8,10,12-13H2,2H3,(H,20,23)/t15-/m1/s1. The molecular weight excluding hydrogens is 302 g/mol. The van der Waals surface area contributed by atoms with Gasteiger partial charge in [0.25, 0.3) is 0 Å². The van der Waals surface area contributed by atoms with Crippen molar-refractivity contribution in [1.82, 2.24) is 14.8 Å². The van der Waals surface area contributed by atoms with Crippen LogP contribution < -0.4 is 5.32 Å². The number of aryl methyl sites for hydroxylation is 1. The van der Waals surface area contributed by atoms with Crippen molar-refractivity contribution in [3.05, 3.63) is 48.7 Å². The van der Waals surface area contributed by atoms with Crippen LogP contribution in [-0.2, 0) is 23.1 Å². The molecule has 1 N–H and O–H groups in total. The fourth-order valence-corrected chi connectivity index (χ4v) is 3.43. The molecule has 1 aliphatic rings. The molecule has 1 saturated heterocycles. The summed E-state index contributed by atoms with van der Waals surface area (Å²) in [5.41, 5.74) is 2.11. The highest BCUT2D eigenvalue weighted by Gasteiger charge is 2.27. The maximum absolute atomic E-state index is 12.3. The average Bonchev–Trinajstić information content (AvgIpc) is 3.18. The molecule has 1 aliphatic heterocycles. The first-order valence-electron chi connectivity index (χ1n) is 8.33. The lowest BCUT2D eigenvalue weighted by Gasteiger charge is -2.23. The highest BCUT2D eigenvalue weighted by Crippen LogP contribution is 2.19. The summed E-state index contributed by atoms with van der Waals surface area (Å²) in [6.45, 7) is 4.79. The van der Waals surface area contributed by atoms with Crippen LogP contribution in [0.4, 0.5) is 0 Å². The van der Waals surface area contributed by atoms with E-state index >= 15 is 0 Å². The molecular formula is C19H23N3O2. The van der Waals surface area contributed by atoms with Crippen molar-refractivity contribution in [2.45, 2.75) is 25.3 Å². The number of likely N-dealkylation sites (tertiary alicyclic amines) is 1. The van der Waals surface area contributed by atoms with E-state index in [-0.39, 0.29) is 17.9 Å². The maximum Gasteiger partial charge on any atom is 0.246 e. The van der Waals surface area contributed by atoms with E-state index in [0.29, 0.717) is 13.0 Å². The highest BCUT2D eigenvalue weighted by atomic mass is 16.2. The molecule has 0 spiro atoms. The van der Waals surface area contributed by atoms with E-state index in [1.165, 1.54) is 6.08 Å². The van der Waals surface area contributed by atoms with Gasteiger partial charge < -0.3 is 14.8 Å². The van der Waals surface area contributed by atoms with Crippen LogP contribution in [0.3, 0.4) is 0 Å². The lowest BCUT2D eigenvalue weighted by atomic mass is 10.2. The monoisotopic (exact) mass is 325 g/mol. The van der Waals surface area contributed by atoms with Gasteiger partial charge in [0.2, 0.25) is 11.8 Å². The smallest absolute Gasteiger partial charge is 0.246 e. The van der Waals surface area contributed by atoms with Gasteiger partial charge in [0.1, 0.15) is 0 Å². The van der Waals surface area contributed by atoms with Gasteiger partial charge in [-0.25, -0.2) is 0 Å². The van der Waals surface area contributed by atoms with Crippen LogP contribution in [0.25, 0.3) is 10.9 Å². The van der Waals surface area contributed by atoms with Gasteiger partial charge >= 0.3 is 0 Å². The van der Waals surface area contributed by atoms with Crippen LogP contribution in [0.15, 0.2) is 43.0 Å². The second-order valence-corrected chi connectivity index (χ2v) is 6.27. The average molecular weight is 325 g/mol. The Balaban J connectivity index is 1.60. The van der Waals surface area contributed by atoms with E-state index in [1.807, 2.05) is 31.3 Å². The van der Waals surface area contributed by atoms with E-state index in [4.69, 9.17) is 0 Å². The number of benzene rings is 1. The van der Waals surface area contributed by atoms with E-state index in [1.54, 1.807) is 4.90 Å². The molecule has 0 radical (unpaired) electrons. The van der Waals surface area contributed by atoms with Crippen LogP contribution in [0.2, 0.25) is 0 Å². The summed E-state index contributed by atoms with van der Waals surface area (Å²) in [6.07, 6.45) is 3.58. The summed E-state index contributed by atoms with van der Waals surface area (Å²) in [5.74, 6) is -0.0701. The number of hydrogen-bond acceptors (Lipinski definition) is 2. The Hall–Kier alpha value is -2.56. The molecule has 126 valence electrons. The van der Waals surface area contributed by atoms with Crippen molar-refractivity contribution in [2.75, 3.05) is 13.1 Å². The molecule has 1 atom stereocenters. The van der Waals surface area contributed by atoms with E-state index in [2.05, 4.69) is 22.5 Å². The van der Waals surface area contributed by atoms with Gasteiger partial charge in [0.05, 0.1) is 6.42 Å². The molecule has 2 heterocycles. The van der Waals surface area contributed by atoms with Crippen molar-refractivity contribution >= 4 is 22.7 Å². The normalized spacial score (nSPS) is 17.2. The van der Waals surface area contributed by atoms with Gasteiger partial charge in [-0.15, -0.1) is 0 Å². The lowest BCUT2D eigenvalue weighted by Crippen LogP contribution is -2.42. The Labute approximate surface area is 141 Å². The summed E-state index contributed by atoms with van der Waals surface area (Å²) in [5, 5.41) is 4.11. The second kappa shape index (κ2) is 6.91. The number of amides is 2. The molecule has 0 bridgehead atoms. The summed E-state index contributed by atoms with van der Waals surface area (Å²) >= 11 is 0. The minimum atomic E-state index is -0.0552. The van der Waals surface area contributed by atoms with Crippen molar-refractivity contribution in [2.24, 2.45) is 7.05 Å².